The van der Waals surface area contributed by atoms with E-state index in [4.69, 9.17) is 10.5 Å². The van der Waals surface area contributed by atoms with Gasteiger partial charge in [0.25, 0.3) is 5.91 Å². The van der Waals surface area contributed by atoms with Gasteiger partial charge in [-0.25, -0.2) is 0 Å². The minimum atomic E-state index is -0.241. The predicted octanol–water partition coefficient (Wildman–Crippen LogP) is 3.05. The van der Waals surface area contributed by atoms with E-state index in [2.05, 4.69) is 21.2 Å². The molecule has 19 heavy (non-hydrogen) atoms. The van der Waals surface area contributed by atoms with E-state index in [1.165, 1.54) is 0 Å². The first-order chi connectivity index (χ1) is 9.15. The Morgan fingerprint density at radius 3 is 2.68 bits per heavy atom. The van der Waals surface area contributed by atoms with Crippen LogP contribution in [0, 0.1) is 0 Å². The Bertz CT molecular complexity index is 573. The van der Waals surface area contributed by atoms with Gasteiger partial charge in [0.2, 0.25) is 0 Å². The number of carbonyl (C=O) groups is 1. The van der Waals surface area contributed by atoms with Crippen molar-refractivity contribution in [2.45, 2.75) is 0 Å². The third-order valence-corrected chi connectivity index (χ3v) is 3.07. The summed E-state index contributed by atoms with van der Waals surface area (Å²) >= 11 is 3.34. The smallest absolute Gasteiger partial charge is 0.262 e. The number of nitrogen functional groups attached to an aromatic ring is 1. The Morgan fingerprint density at radius 1 is 1.21 bits per heavy atom. The molecular formula is C14H13BrN2O2. The first-order valence-corrected chi connectivity index (χ1v) is 6.47. The first kappa shape index (κ1) is 13.4. The fourth-order valence-corrected chi connectivity index (χ4v) is 1.84. The molecular weight excluding hydrogens is 308 g/mol. The monoisotopic (exact) mass is 320 g/mol. The molecule has 0 unspecified atom stereocenters. The Hall–Kier alpha value is -2.01. The van der Waals surface area contributed by atoms with Crippen LogP contribution >= 0.6 is 15.9 Å². The summed E-state index contributed by atoms with van der Waals surface area (Å²) in [5.41, 5.74) is 6.88. The van der Waals surface area contributed by atoms with Gasteiger partial charge in [-0.05, 0) is 46.3 Å². The molecule has 0 aliphatic heterocycles. The van der Waals surface area contributed by atoms with Crippen LogP contribution in [-0.4, -0.2) is 12.5 Å². The van der Waals surface area contributed by atoms with Gasteiger partial charge in [-0.1, -0.05) is 18.2 Å². The van der Waals surface area contributed by atoms with E-state index in [9.17, 15) is 4.79 Å². The van der Waals surface area contributed by atoms with Crippen LogP contribution in [-0.2, 0) is 4.79 Å². The largest absolute Gasteiger partial charge is 0.484 e. The number of para-hydroxylation sites is 1. The molecule has 0 aliphatic rings. The standard InChI is InChI=1S/C14H13BrN2O2/c15-12-7-6-10(16)8-13(12)17-14(18)9-19-11-4-2-1-3-5-11/h1-8H,9,16H2,(H,17,18). The molecule has 5 heteroatoms. The number of halogens is 1. The van der Waals surface area contributed by atoms with Crippen LogP contribution in [0.2, 0.25) is 0 Å². The number of rotatable bonds is 4. The molecule has 0 aromatic heterocycles. The molecule has 0 aliphatic carbocycles. The van der Waals surface area contributed by atoms with E-state index in [1.807, 2.05) is 18.2 Å². The molecule has 3 N–H and O–H groups in total. The number of amides is 1. The Kier molecular flexibility index (Phi) is 4.41. The molecule has 0 saturated carbocycles. The van der Waals surface area contributed by atoms with Crippen LogP contribution in [0.5, 0.6) is 5.75 Å². The molecule has 1 amide bonds. The van der Waals surface area contributed by atoms with Gasteiger partial charge in [0.15, 0.2) is 6.61 Å². The van der Waals surface area contributed by atoms with Crippen molar-refractivity contribution >= 4 is 33.2 Å². The number of nitrogens with two attached hydrogens (primary N) is 1. The van der Waals surface area contributed by atoms with Crippen LogP contribution in [0.3, 0.4) is 0 Å². The summed E-state index contributed by atoms with van der Waals surface area (Å²) in [6.45, 7) is -0.0503. The summed E-state index contributed by atoms with van der Waals surface area (Å²) in [6, 6.07) is 14.4. The van der Waals surface area contributed by atoms with E-state index in [0.717, 1.165) is 4.47 Å². The molecule has 0 atom stereocenters. The summed E-state index contributed by atoms with van der Waals surface area (Å²) in [7, 11) is 0. The topological polar surface area (TPSA) is 64.3 Å². The molecule has 98 valence electrons. The summed E-state index contributed by atoms with van der Waals surface area (Å²) in [5.74, 6) is 0.416. The fraction of sp³-hybridized carbons (Fsp3) is 0.0714. The number of carbonyl (C=O) groups excluding carboxylic acids is 1. The lowest BCUT2D eigenvalue weighted by atomic mass is 10.3. The van der Waals surface area contributed by atoms with Gasteiger partial charge in [0, 0.05) is 10.2 Å². The number of hydrogen-bond donors (Lipinski definition) is 2. The van der Waals surface area contributed by atoms with Gasteiger partial charge >= 0.3 is 0 Å². The van der Waals surface area contributed by atoms with Crippen molar-refractivity contribution in [2.24, 2.45) is 0 Å². The first-order valence-electron chi connectivity index (χ1n) is 5.68. The van der Waals surface area contributed by atoms with Crippen LogP contribution in [0.1, 0.15) is 0 Å². The summed E-state index contributed by atoms with van der Waals surface area (Å²) in [6.07, 6.45) is 0. The highest BCUT2D eigenvalue weighted by Gasteiger charge is 2.06. The molecule has 2 aromatic carbocycles. The van der Waals surface area contributed by atoms with Crippen molar-refractivity contribution in [3.8, 4) is 5.75 Å². The van der Waals surface area contributed by atoms with E-state index in [1.54, 1.807) is 30.3 Å². The molecule has 2 rings (SSSR count). The van der Waals surface area contributed by atoms with Gasteiger partial charge in [-0.3, -0.25) is 4.79 Å². The van der Waals surface area contributed by atoms with Crippen molar-refractivity contribution in [1.29, 1.82) is 0 Å². The SMILES string of the molecule is Nc1ccc(Br)c(NC(=O)COc2ccccc2)c1. The van der Waals surface area contributed by atoms with Crippen LogP contribution in [0.4, 0.5) is 11.4 Å². The van der Waals surface area contributed by atoms with Gasteiger partial charge in [0.05, 0.1) is 5.69 Å². The van der Waals surface area contributed by atoms with Crippen LogP contribution in [0.15, 0.2) is 53.0 Å². The molecule has 0 radical (unpaired) electrons. The van der Waals surface area contributed by atoms with E-state index >= 15 is 0 Å². The molecule has 2 aromatic rings. The van der Waals surface area contributed by atoms with Crippen molar-refractivity contribution in [3.63, 3.8) is 0 Å². The Morgan fingerprint density at radius 2 is 1.95 bits per heavy atom. The molecule has 4 nitrogen and oxygen atoms in total. The van der Waals surface area contributed by atoms with Gasteiger partial charge in [0.1, 0.15) is 5.75 Å². The molecule has 0 heterocycles. The normalized spacial score (nSPS) is 9.95. The maximum atomic E-state index is 11.8. The third-order valence-electron chi connectivity index (χ3n) is 2.38. The number of ether oxygens (including phenoxy) is 1. The van der Waals surface area contributed by atoms with E-state index < -0.39 is 0 Å². The third kappa shape index (κ3) is 3.99. The zero-order valence-corrected chi connectivity index (χ0v) is 11.7. The maximum Gasteiger partial charge on any atom is 0.262 e. The second kappa shape index (κ2) is 6.24. The van der Waals surface area contributed by atoms with Crippen molar-refractivity contribution in [2.75, 3.05) is 17.7 Å². The number of nitrogens with one attached hydrogen (secondary N) is 1. The maximum absolute atomic E-state index is 11.8. The van der Waals surface area contributed by atoms with E-state index in [0.29, 0.717) is 17.1 Å². The van der Waals surface area contributed by atoms with Gasteiger partial charge in [-0.2, -0.15) is 0 Å². The zero-order chi connectivity index (χ0) is 13.7. The van der Waals surface area contributed by atoms with Gasteiger partial charge in [-0.15, -0.1) is 0 Å². The van der Waals surface area contributed by atoms with Crippen LogP contribution < -0.4 is 15.8 Å². The lowest BCUT2D eigenvalue weighted by Crippen LogP contribution is -2.20. The number of anilines is 2. The second-order valence-electron chi connectivity index (χ2n) is 3.89. The van der Waals surface area contributed by atoms with Crippen molar-refractivity contribution < 1.29 is 9.53 Å². The highest BCUT2D eigenvalue weighted by atomic mass is 79.9. The van der Waals surface area contributed by atoms with Gasteiger partial charge < -0.3 is 15.8 Å². The minimum absolute atomic E-state index is 0.0503. The zero-order valence-electron chi connectivity index (χ0n) is 10.1. The van der Waals surface area contributed by atoms with Crippen molar-refractivity contribution in [1.82, 2.24) is 0 Å². The van der Waals surface area contributed by atoms with E-state index in [-0.39, 0.29) is 12.5 Å². The number of hydrogen-bond acceptors (Lipinski definition) is 3. The lowest BCUT2D eigenvalue weighted by Gasteiger charge is -2.09. The van der Waals surface area contributed by atoms with Crippen molar-refractivity contribution in [3.05, 3.63) is 53.0 Å². The Balaban J connectivity index is 1.93. The second-order valence-corrected chi connectivity index (χ2v) is 4.74. The predicted molar refractivity (Wildman–Crippen MR) is 79.1 cm³/mol. The quantitative estimate of drug-likeness (QED) is 0.851. The average molecular weight is 321 g/mol. The highest BCUT2D eigenvalue weighted by molar-refractivity contribution is 9.10. The highest BCUT2D eigenvalue weighted by Crippen LogP contribution is 2.24. The summed E-state index contributed by atoms with van der Waals surface area (Å²) in [4.78, 5) is 11.8. The lowest BCUT2D eigenvalue weighted by molar-refractivity contribution is -0.118. The molecule has 0 spiro atoms. The fourth-order valence-electron chi connectivity index (χ4n) is 1.49. The average Bonchev–Trinajstić information content (AvgIpc) is 2.42. The molecule has 0 bridgehead atoms. The molecule has 0 fully saturated rings. The summed E-state index contributed by atoms with van der Waals surface area (Å²) < 4.78 is 6.12. The minimum Gasteiger partial charge on any atom is -0.484 e. The number of benzene rings is 2. The van der Waals surface area contributed by atoms with Crippen LogP contribution in [0.25, 0.3) is 0 Å². The molecule has 0 saturated heterocycles. The Labute approximate surface area is 119 Å². The summed E-state index contributed by atoms with van der Waals surface area (Å²) in [5, 5.41) is 2.73.